The van der Waals surface area contributed by atoms with Gasteiger partial charge in [-0.05, 0) is 11.5 Å². The maximum atomic E-state index is 13.3. The molecule has 4 amide bonds. The quantitative estimate of drug-likeness (QED) is 0.0407. The zero-order valence-corrected chi connectivity index (χ0v) is 29.2. The number of thioether (sulfide) groups is 2. The lowest BCUT2D eigenvalue weighted by Gasteiger charge is -2.49. The minimum Gasteiger partial charge on any atom is -0.480 e. The Kier molecular flexibility index (Phi) is 12.2. The molecule has 4 heterocycles. The highest BCUT2D eigenvalue weighted by Gasteiger charge is 2.54. The smallest absolute Gasteiger partial charge is 0.352 e. The minimum atomic E-state index is -1.37. The number of rotatable bonds is 15. The highest BCUT2D eigenvalue weighted by molar-refractivity contribution is 8.01. The molecule has 0 aliphatic carbocycles. The van der Waals surface area contributed by atoms with E-state index in [4.69, 9.17) is 4.84 Å². The van der Waals surface area contributed by atoms with Crippen LogP contribution in [-0.4, -0.2) is 112 Å². The number of aromatic nitrogens is 4. The van der Waals surface area contributed by atoms with E-state index in [9.17, 15) is 48.6 Å². The number of β-lactam (4-membered cyclic amide) rings is 1. The minimum absolute atomic E-state index is 0.0146. The maximum Gasteiger partial charge on any atom is 0.352 e. The molecule has 0 spiro atoms. The number of fused-ring (bicyclic) bond motifs is 1. The lowest BCUT2D eigenvalue weighted by atomic mass is 10.0. The first kappa shape index (κ1) is 37.8. The van der Waals surface area contributed by atoms with Crippen molar-refractivity contribution in [3.8, 4) is 0 Å². The molecule has 4 rings (SSSR count). The number of hydrogen-bond acceptors (Lipinski definition) is 15. The van der Waals surface area contributed by atoms with E-state index in [0.29, 0.717) is 5.57 Å². The van der Waals surface area contributed by atoms with E-state index in [1.807, 2.05) is 0 Å². The van der Waals surface area contributed by atoms with Crippen LogP contribution in [0.15, 0.2) is 36.6 Å². The number of carbonyl (C=O) groups excluding carboxylic acids is 4. The van der Waals surface area contributed by atoms with Gasteiger partial charge in [-0.3, -0.25) is 43.4 Å². The van der Waals surface area contributed by atoms with Crippen LogP contribution in [0.2, 0.25) is 0 Å². The number of carbonyl (C=O) groups is 6. The maximum absolute atomic E-state index is 13.3. The van der Waals surface area contributed by atoms with E-state index in [1.165, 1.54) is 36.0 Å². The number of amides is 4. The summed E-state index contributed by atoms with van der Waals surface area (Å²) in [6.07, 6.45) is -0.557. The van der Waals surface area contributed by atoms with Gasteiger partial charge < -0.3 is 31.0 Å². The number of nitrogens with zero attached hydrogens (tertiary/aromatic N) is 5. The van der Waals surface area contributed by atoms with Crippen LogP contribution in [0.5, 0.6) is 0 Å². The number of hydrogen-bond donors (Lipinski definition) is 6. The normalized spacial score (nSPS) is 17.8. The number of H-pyrrole nitrogens is 1. The summed E-state index contributed by atoms with van der Waals surface area (Å²) in [5.41, 5.74) is -2.17. The van der Waals surface area contributed by atoms with Crippen molar-refractivity contribution < 1.29 is 43.8 Å². The Balaban J connectivity index is 1.38. The van der Waals surface area contributed by atoms with E-state index >= 15 is 0 Å². The first-order chi connectivity index (χ1) is 23.6. The Hall–Kier alpha value is -5.03. The van der Waals surface area contributed by atoms with E-state index in [-0.39, 0.29) is 57.7 Å². The Morgan fingerprint density at radius 3 is 2.48 bits per heavy atom. The van der Waals surface area contributed by atoms with Gasteiger partial charge in [-0.1, -0.05) is 30.8 Å². The molecule has 23 heteroatoms. The van der Waals surface area contributed by atoms with Gasteiger partial charge in [0.1, 0.15) is 36.0 Å². The molecule has 0 radical (unpaired) electrons. The fourth-order valence-electron chi connectivity index (χ4n) is 4.65. The predicted molar refractivity (Wildman–Crippen MR) is 178 cm³/mol. The fraction of sp³-hybridized carbons (Fsp3) is 0.444. The molecule has 2 aliphatic heterocycles. The van der Waals surface area contributed by atoms with Crippen molar-refractivity contribution in [3.05, 3.63) is 43.1 Å². The Labute approximate surface area is 294 Å². The summed E-state index contributed by atoms with van der Waals surface area (Å²) >= 11 is 3.14. The molecular weight excluding hydrogens is 723 g/mol. The number of anilines is 1. The summed E-state index contributed by atoms with van der Waals surface area (Å²) in [5.74, 6) is -5.50. The van der Waals surface area contributed by atoms with Crippen LogP contribution in [-0.2, 0) is 40.7 Å². The summed E-state index contributed by atoms with van der Waals surface area (Å²) in [6, 6.07) is -2.23. The van der Waals surface area contributed by atoms with E-state index in [0.717, 1.165) is 28.0 Å². The van der Waals surface area contributed by atoms with E-state index in [2.05, 4.69) is 36.2 Å². The number of carboxylic acid groups (broad SMARTS) is 2. The second-order valence-electron chi connectivity index (χ2n) is 10.9. The van der Waals surface area contributed by atoms with Gasteiger partial charge in [0.15, 0.2) is 16.0 Å². The molecule has 0 aromatic carbocycles. The van der Waals surface area contributed by atoms with Gasteiger partial charge in [0.05, 0.1) is 0 Å². The molecule has 2 aromatic heterocycles. The summed E-state index contributed by atoms with van der Waals surface area (Å²) in [7, 11) is 2.64. The lowest BCUT2D eigenvalue weighted by molar-refractivity contribution is -0.150. The van der Waals surface area contributed by atoms with Gasteiger partial charge in [0, 0.05) is 36.8 Å². The molecule has 0 saturated carbocycles. The number of oxime groups is 1. The third-order valence-corrected chi connectivity index (χ3v) is 10.3. The van der Waals surface area contributed by atoms with Crippen molar-refractivity contribution in [1.29, 1.82) is 0 Å². The molecule has 50 heavy (non-hydrogen) atoms. The van der Waals surface area contributed by atoms with E-state index in [1.54, 1.807) is 13.8 Å². The van der Waals surface area contributed by atoms with Crippen molar-refractivity contribution in [3.63, 3.8) is 0 Å². The monoisotopic (exact) mass is 753 g/mol. The molecule has 2 aliphatic rings. The molecule has 1 fully saturated rings. The summed E-state index contributed by atoms with van der Waals surface area (Å²) in [5, 5.41) is 33.4. The highest BCUT2D eigenvalue weighted by Crippen LogP contribution is 2.41. The fourth-order valence-corrected chi connectivity index (χ4v) is 7.76. The number of thiazole rings is 1. The molecule has 2 aromatic rings. The third kappa shape index (κ3) is 8.57. The van der Waals surface area contributed by atoms with Crippen LogP contribution >= 0.6 is 34.9 Å². The average molecular weight is 754 g/mol. The van der Waals surface area contributed by atoms with Gasteiger partial charge in [0.25, 0.3) is 11.8 Å². The summed E-state index contributed by atoms with van der Waals surface area (Å²) in [4.78, 5) is 111. The standard InChI is InChI=1S/C27H31N9O11S3/c1-10(2)15(24(43)44)29-13(37)5-6-14(38)30-26-28-12(9-49-26)16(34-47-4)19(39)31-17-22(42)36-18(25(45)46)11(7-48-23(17)36)8-50-27-32-20(40)21(41)33-35(27)3/h9-10,15,17,23H,5-8H2,1-4H3,(H,29,37)(H,31,39)(H,33,41)(H,43,44)(H,45,46)(H,28,30,38)/b34-16-/t15-,17+,23+/m0/s1. The van der Waals surface area contributed by atoms with Crippen LogP contribution in [0.25, 0.3) is 0 Å². The van der Waals surface area contributed by atoms with Crippen LogP contribution in [0, 0.1) is 5.92 Å². The van der Waals surface area contributed by atoms with Gasteiger partial charge in [-0.15, -0.1) is 23.1 Å². The molecule has 0 unspecified atom stereocenters. The highest BCUT2D eigenvalue weighted by atomic mass is 32.2. The lowest BCUT2D eigenvalue weighted by Crippen LogP contribution is -2.71. The topological polar surface area (TPSA) is 284 Å². The van der Waals surface area contributed by atoms with Crippen LogP contribution in [0.4, 0.5) is 5.13 Å². The zero-order chi connectivity index (χ0) is 36.9. The SMILES string of the molecule is CO/N=C(\C(=O)N[C@@H]1C(=O)N2C(C(=O)O)=C(CSc3nc(=O)c(=O)[nH]n3C)CS[C@H]12)c1csc(NC(=O)CCC(=O)N[C@H](C(=O)O)C(C)C)n1. The molecule has 268 valence electrons. The Morgan fingerprint density at radius 2 is 1.84 bits per heavy atom. The molecule has 3 atom stereocenters. The zero-order valence-electron chi connectivity index (χ0n) is 26.7. The van der Waals surface area contributed by atoms with Gasteiger partial charge >= 0.3 is 23.1 Å². The van der Waals surface area contributed by atoms with Crippen molar-refractivity contribution in [2.24, 2.45) is 18.1 Å². The predicted octanol–water partition coefficient (Wildman–Crippen LogP) is -1.25. The van der Waals surface area contributed by atoms with Gasteiger partial charge in [-0.2, -0.15) is 4.98 Å². The molecule has 20 nitrogen and oxygen atoms in total. The van der Waals surface area contributed by atoms with E-state index < -0.39 is 64.1 Å². The summed E-state index contributed by atoms with van der Waals surface area (Å²) < 4.78 is 1.22. The first-order valence-electron chi connectivity index (χ1n) is 14.5. The Morgan fingerprint density at radius 1 is 1.14 bits per heavy atom. The molecule has 6 N–H and O–H groups in total. The third-order valence-electron chi connectivity index (χ3n) is 7.08. The molecule has 0 bridgehead atoms. The number of aromatic amines is 1. The van der Waals surface area contributed by atoms with Crippen LogP contribution in [0.1, 0.15) is 32.4 Å². The molecular formula is C27H31N9O11S3. The van der Waals surface area contributed by atoms with Crippen molar-refractivity contribution in [1.82, 2.24) is 35.3 Å². The largest absolute Gasteiger partial charge is 0.480 e. The second-order valence-corrected chi connectivity index (χ2v) is 13.8. The number of carboxylic acids is 2. The number of aryl methyl sites for hydroxylation is 1. The number of aliphatic carboxylic acids is 2. The van der Waals surface area contributed by atoms with Gasteiger partial charge in [0.2, 0.25) is 11.8 Å². The second kappa shape index (κ2) is 16.1. The van der Waals surface area contributed by atoms with Gasteiger partial charge in [-0.25, -0.2) is 14.6 Å². The Bertz CT molecular complexity index is 1900. The van der Waals surface area contributed by atoms with Crippen LogP contribution < -0.4 is 27.1 Å². The molecule has 1 saturated heterocycles. The summed E-state index contributed by atoms with van der Waals surface area (Å²) in [6.45, 7) is 3.27. The van der Waals surface area contributed by atoms with Crippen molar-refractivity contribution in [2.45, 2.75) is 49.3 Å². The average Bonchev–Trinajstić information content (AvgIpc) is 3.51. The van der Waals surface area contributed by atoms with Crippen molar-refractivity contribution >= 4 is 81.3 Å². The number of nitrogens with one attached hydrogen (secondary N) is 4. The first-order valence-corrected chi connectivity index (χ1v) is 17.4. The van der Waals surface area contributed by atoms with Crippen LogP contribution in [0.3, 0.4) is 0 Å². The van der Waals surface area contributed by atoms with Crippen molar-refractivity contribution in [2.75, 3.05) is 23.9 Å².